The summed E-state index contributed by atoms with van der Waals surface area (Å²) in [5.74, 6) is 1.14. The first kappa shape index (κ1) is 19.8. The second kappa shape index (κ2) is 7.93. The number of hydrogen-bond donors (Lipinski definition) is 0. The van der Waals surface area contributed by atoms with E-state index in [2.05, 4.69) is 114 Å². The summed E-state index contributed by atoms with van der Waals surface area (Å²) in [6.45, 7) is 2.17. The van der Waals surface area contributed by atoms with Gasteiger partial charge >= 0.3 is 0 Å². The van der Waals surface area contributed by atoms with Crippen molar-refractivity contribution in [1.29, 1.82) is 0 Å². The third-order valence-electron chi connectivity index (χ3n) is 6.83. The Kier molecular flexibility index (Phi) is 4.76. The fourth-order valence-corrected chi connectivity index (χ4v) is 5.15. The van der Waals surface area contributed by atoms with Crippen LogP contribution in [-0.2, 0) is 19.9 Å². The van der Waals surface area contributed by atoms with Crippen LogP contribution in [0.2, 0.25) is 0 Å². The predicted octanol–water partition coefficient (Wildman–Crippen LogP) is 7.15. The summed E-state index contributed by atoms with van der Waals surface area (Å²) in [7, 11) is 2.15. The molecule has 3 nitrogen and oxygen atoms in total. The molecule has 33 heavy (non-hydrogen) atoms. The topological polar surface area (TPSA) is 22.8 Å². The molecule has 162 valence electrons. The highest BCUT2D eigenvalue weighted by Gasteiger charge is 2.14. The van der Waals surface area contributed by atoms with E-state index in [-0.39, 0.29) is 0 Å². The molecule has 0 spiro atoms. The first-order valence-corrected chi connectivity index (χ1v) is 11.7. The molecule has 0 atom stereocenters. The largest absolute Gasteiger partial charge is 0.344 e. The fraction of sp³-hybridized carbons (Fsp3) is 0.167. The third kappa shape index (κ3) is 3.32. The minimum atomic E-state index is 0.941. The molecule has 0 aliphatic carbocycles. The molecule has 0 fully saturated rings. The van der Waals surface area contributed by atoms with E-state index in [1.165, 1.54) is 44.1 Å². The van der Waals surface area contributed by atoms with Gasteiger partial charge in [-0.3, -0.25) is 4.57 Å². The first-order valence-electron chi connectivity index (χ1n) is 11.7. The Morgan fingerprint density at radius 1 is 0.697 bits per heavy atom. The molecule has 0 radical (unpaired) electrons. The minimum absolute atomic E-state index is 0.941. The molecule has 4 aromatic carbocycles. The van der Waals surface area contributed by atoms with Gasteiger partial charge < -0.3 is 4.57 Å². The summed E-state index contributed by atoms with van der Waals surface area (Å²) in [6, 6.07) is 32.6. The van der Waals surface area contributed by atoms with Gasteiger partial charge in [0, 0.05) is 35.3 Å². The number of nitrogens with zero attached hydrogens (tertiary/aromatic N) is 3. The molecular formula is C30H27N3. The molecule has 0 aliphatic rings. The number of benzene rings is 4. The highest BCUT2D eigenvalue weighted by Crippen LogP contribution is 2.29. The molecule has 0 amide bonds. The molecule has 3 heteroatoms. The number of para-hydroxylation sites is 4. The Morgan fingerprint density at radius 3 is 2.30 bits per heavy atom. The summed E-state index contributed by atoms with van der Waals surface area (Å²) in [5.41, 5.74) is 8.70. The Labute approximate surface area is 193 Å². The van der Waals surface area contributed by atoms with E-state index < -0.39 is 0 Å². The van der Waals surface area contributed by atoms with Crippen LogP contribution >= 0.6 is 0 Å². The molecule has 2 heterocycles. The summed E-state index contributed by atoms with van der Waals surface area (Å²) in [5, 5.41) is 2.68. The molecule has 0 saturated carbocycles. The van der Waals surface area contributed by atoms with Crippen molar-refractivity contribution >= 4 is 32.8 Å². The number of imidazole rings is 1. The van der Waals surface area contributed by atoms with E-state index >= 15 is 0 Å². The monoisotopic (exact) mass is 429 g/mol. The number of rotatable bonds is 5. The Hall–Kier alpha value is -3.85. The van der Waals surface area contributed by atoms with Crippen molar-refractivity contribution in [1.82, 2.24) is 14.1 Å². The normalized spacial score (nSPS) is 11.7. The summed E-state index contributed by atoms with van der Waals surface area (Å²) in [6.07, 6.45) is 3.04. The van der Waals surface area contributed by atoms with Gasteiger partial charge in [0.2, 0.25) is 0 Å². The van der Waals surface area contributed by atoms with Crippen LogP contribution in [0.1, 0.15) is 23.4 Å². The zero-order chi connectivity index (χ0) is 22.4. The van der Waals surface area contributed by atoms with Gasteiger partial charge in [0.25, 0.3) is 0 Å². The van der Waals surface area contributed by atoms with Crippen LogP contribution in [0, 0.1) is 6.92 Å². The van der Waals surface area contributed by atoms with Gasteiger partial charge in [-0.05, 0) is 67.3 Å². The van der Waals surface area contributed by atoms with Crippen molar-refractivity contribution < 1.29 is 0 Å². The van der Waals surface area contributed by atoms with Gasteiger partial charge in [-0.25, -0.2) is 4.98 Å². The average molecular weight is 430 g/mol. The van der Waals surface area contributed by atoms with E-state index in [1.807, 2.05) is 0 Å². The van der Waals surface area contributed by atoms with E-state index in [0.29, 0.717) is 0 Å². The van der Waals surface area contributed by atoms with Crippen LogP contribution in [0.3, 0.4) is 0 Å². The van der Waals surface area contributed by atoms with Crippen molar-refractivity contribution in [2.24, 2.45) is 7.05 Å². The lowest BCUT2D eigenvalue weighted by molar-refractivity contribution is 0.760. The molecular weight excluding hydrogens is 402 g/mol. The summed E-state index contributed by atoms with van der Waals surface area (Å²) in [4.78, 5) is 5.02. The Bertz CT molecular complexity index is 1620. The van der Waals surface area contributed by atoms with Crippen molar-refractivity contribution in [3.05, 3.63) is 108 Å². The van der Waals surface area contributed by atoms with Crippen molar-refractivity contribution in [2.45, 2.75) is 26.2 Å². The molecule has 6 rings (SSSR count). The van der Waals surface area contributed by atoms with Crippen molar-refractivity contribution in [3.63, 3.8) is 0 Å². The number of hydrogen-bond acceptors (Lipinski definition) is 1. The fourth-order valence-electron chi connectivity index (χ4n) is 5.15. The molecule has 6 aromatic rings. The van der Waals surface area contributed by atoms with Crippen LogP contribution in [0.5, 0.6) is 0 Å². The summed E-state index contributed by atoms with van der Waals surface area (Å²) < 4.78 is 4.64. The molecule has 0 bridgehead atoms. The maximum Gasteiger partial charge on any atom is 0.114 e. The average Bonchev–Trinajstić information content (AvgIpc) is 3.35. The molecule has 0 N–H and O–H groups in total. The number of aromatic nitrogens is 3. The van der Waals surface area contributed by atoms with Gasteiger partial charge in [0.15, 0.2) is 0 Å². The Morgan fingerprint density at radius 2 is 1.42 bits per heavy atom. The van der Waals surface area contributed by atoms with Crippen LogP contribution in [-0.4, -0.2) is 14.1 Å². The predicted molar refractivity (Wildman–Crippen MR) is 138 cm³/mol. The second-order valence-corrected chi connectivity index (χ2v) is 8.92. The highest BCUT2D eigenvalue weighted by molar-refractivity contribution is 6.08. The smallest absolute Gasteiger partial charge is 0.114 e. The maximum atomic E-state index is 5.02. The molecule has 2 aromatic heterocycles. The van der Waals surface area contributed by atoms with E-state index in [0.717, 1.165) is 30.6 Å². The SMILES string of the molecule is Cc1ccccc1-n1c(CCCc2ccc3c(c2)c2ccccc2n3C)nc2ccccc21. The zero-order valence-electron chi connectivity index (χ0n) is 19.1. The van der Waals surface area contributed by atoms with Gasteiger partial charge in [-0.2, -0.15) is 0 Å². The molecule has 0 aliphatic heterocycles. The second-order valence-electron chi connectivity index (χ2n) is 8.92. The lowest BCUT2D eigenvalue weighted by atomic mass is 10.0. The highest BCUT2D eigenvalue weighted by atomic mass is 15.1. The van der Waals surface area contributed by atoms with Gasteiger partial charge in [0.05, 0.1) is 16.7 Å². The van der Waals surface area contributed by atoms with Crippen LogP contribution in [0.4, 0.5) is 0 Å². The van der Waals surface area contributed by atoms with Crippen LogP contribution in [0.15, 0.2) is 91.0 Å². The summed E-state index contributed by atoms with van der Waals surface area (Å²) >= 11 is 0. The lowest BCUT2D eigenvalue weighted by Gasteiger charge is -2.12. The maximum absolute atomic E-state index is 5.02. The van der Waals surface area contributed by atoms with Crippen LogP contribution < -0.4 is 0 Å². The lowest BCUT2D eigenvalue weighted by Crippen LogP contribution is -2.04. The Balaban J connectivity index is 1.32. The minimum Gasteiger partial charge on any atom is -0.344 e. The van der Waals surface area contributed by atoms with Gasteiger partial charge in [-0.15, -0.1) is 0 Å². The van der Waals surface area contributed by atoms with Crippen LogP contribution in [0.25, 0.3) is 38.5 Å². The standard InChI is InChI=1S/C30H27N3/c1-21-10-3-6-14-26(21)33-29-16-8-5-13-25(29)31-30(33)17-9-11-22-18-19-28-24(20-22)23-12-4-7-15-27(23)32(28)2/h3-8,10,12-16,18-20H,9,11,17H2,1-2H3. The first-order chi connectivity index (χ1) is 16.2. The quantitative estimate of drug-likeness (QED) is 0.285. The van der Waals surface area contributed by atoms with Crippen molar-refractivity contribution in [3.8, 4) is 5.69 Å². The van der Waals surface area contributed by atoms with Gasteiger partial charge in [0.1, 0.15) is 5.82 Å². The van der Waals surface area contributed by atoms with E-state index in [9.17, 15) is 0 Å². The van der Waals surface area contributed by atoms with E-state index in [1.54, 1.807) is 0 Å². The van der Waals surface area contributed by atoms with Crippen molar-refractivity contribution in [2.75, 3.05) is 0 Å². The third-order valence-corrected chi connectivity index (χ3v) is 6.83. The van der Waals surface area contributed by atoms with E-state index in [4.69, 9.17) is 4.98 Å². The van der Waals surface area contributed by atoms with Gasteiger partial charge in [-0.1, -0.05) is 54.6 Å². The molecule has 0 unspecified atom stereocenters. The number of fused-ring (bicyclic) bond motifs is 4. The zero-order valence-corrected chi connectivity index (χ0v) is 19.1. The molecule has 0 saturated heterocycles. The number of aryl methyl sites for hydroxylation is 4.